The van der Waals surface area contributed by atoms with Gasteiger partial charge in [0.1, 0.15) is 0 Å². The molecular formula is C10H22N4. The Bertz CT molecular complexity index is 131. The summed E-state index contributed by atoms with van der Waals surface area (Å²) >= 11 is 0. The minimum atomic E-state index is 0.985. The monoisotopic (exact) mass is 198 g/mol. The van der Waals surface area contributed by atoms with Crippen molar-refractivity contribution in [2.45, 2.75) is 38.5 Å². The largest absolute Gasteiger partial charge is 0.243 e. The van der Waals surface area contributed by atoms with Gasteiger partial charge in [0.05, 0.1) is 0 Å². The van der Waals surface area contributed by atoms with E-state index in [1.165, 1.54) is 38.5 Å². The third kappa shape index (κ3) is 7.03. The molecule has 0 amide bonds. The Hall–Kier alpha value is -0.420. The minimum absolute atomic E-state index is 0.985. The molecule has 4 N–H and O–H groups in total. The Balaban J connectivity index is 2.09. The van der Waals surface area contributed by atoms with Crippen molar-refractivity contribution < 1.29 is 0 Å². The summed E-state index contributed by atoms with van der Waals surface area (Å²) in [6, 6.07) is 0. The molecule has 82 valence electrons. The molecule has 1 heterocycles. The van der Waals surface area contributed by atoms with Crippen molar-refractivity contribution in [3.05, 3.63) is 12.2 Å². The molecule has 1 rings (SSSR count). The zero-order chi connectivity index (χ0) is 9.90. The van der Waals surface area contributed by atoms with Crippen molar-refractivity contribution in [1.82, 2.24) is 21.9 Å². The summed E-state index contributed by atoms with van der Waals surface area (Å²) in [5, 5.41) is 0. The molecule has 0 atom stereocenters. The van der Waals surface area contributed by atoms with Gasteiger partial charge in [-0.3, -0.25) is 0 Å². The van der Waals surface area contributed by atoms with Gasteiger partial charge in [0.15, 0.2) is 0 Å². The first kappa shape index (κ1) is 11.7. The van der Waals surface area contributed by atoms with Crippen molar-refractivity contribution in [2.75, 3.05) is 13.1 Å². The summed E-state index contributed by atoms with van der Waals surface area (Å²) in [7, 11) is 0. The van der Waals surface area contributed by atoms with Crippen LogP contribution < -0.4 is 21.9 Å². The number of hydrogen-bond acceptors (Lipinski definition) is 4. The molecule has 14 heavy (non-hydrogen) atoms. The highest BCUT2D eigenvalue weighted by Crippen LogP contribution is 2.01. The van der Waals surface area contributed by atoms with Crippen LogP contribution in [0.5, 0.6) is 0 Å². The lowest BCUT2D eigenvalue weighted by Gasteiger charge is -2.09. The highest BCUT2D eigenvalue weighted by atomic mass is 15.7. The van der Waals surface area contributed by atoms with E-state index in [-0.39, 0.29) is 0 Å². The molecule has 0 spiro atoms. The first-order valence-electron chi connectivity index (χ1n) is 5.61. The van der Waals surface area contributed by atoms with E-state index in [1.54, 1.807) is 0 Å². The van der Waals surface area contributed by atoms with Crippen molar-refractivity contribution in [3.63, 3.8) is 0 Å². The Morgan fingerprint density at radius 3 is 2.07 bits per heavy atom. The lowest BCUT2D eigenvalue weighted by molar-refractivity contribution is 0.363. The molecule has 0 saturated carbocycles. The van der Waals surface area contributed by atoms with Gasteiger partial charge in [-0.15, -0.1) is 0 Å². The van der Waals surface area contributed by atoms with E-state index in [0.717, 1.165) is 13.1 Å². The number of hydrazine groups is 3. The molecule has 0 unspecified atom stereocenters. The fraction of sp³-hybridized carbons (Fsp3) is 0.800. The van der Waals surface area contributed by atoms with E-state index in [1.807, 2.05) is 0 Å². The van der Waals surface area contributed by atoms with Gasteiger partial charge >= 0.3 is 0 Å². The van der Waals surface area contributed by atoms with Crippen molar-refractivity contribution in [2.24, 2.45) is 0 Å². The van der Waals surface area contributed by atoms with Crippen molar-refractivity contribution in [1.29, 1.82) is 0 Å². The normalized spacial score (nSPS) is 25.1. The van der Waals surface area contributed by atoms with E-state index in [9.17, 15) is 0 Å². The fourth-order valence-corrected chi connectivity index (χ4v) is 1.41. The van der Waals surface area contributed by atoms with Crippen LogP contribution in [0.3, 0.4) is 0 Å². The maximum absolute atomic E-state index is 3.10. The van der Waals surface area contributed by atoms with Crippen molar-refractivity contribution in [3.8, 4) is 0 Å². The second-order valence-electron chi connectivity index (χ2n) is 3.57. The Morgan fingerprint density at radius 2 is 1.29 bits per heavy atom. The predicted molar refractivity (Wildman–Crippen MR) is 59.1 cm³/mol. The van der Waals surface area contributed by atoms with Gasteiger partial charge in [0.25, 0.3) is 0 Å². The lowest BCUT2D eigenvalue weighted by Crippen LogP contribution is -2.51. The van der Waals surface area contributed by atoms with Gasteiger partial charge in [0.2, 0.25) is 0 Å². The number of allylic oxidation sites excluding steroid dienone is 2. The quantitative estimate of drug-likeness (QED) is 0.439. The third-order valence-corrected chi connectivity index (χ3v) is 2.25. The predicted octanol–water partition coefficient (Wildman–Crippen LogP) is 1.00. The molecule has 1 aliphatic heterocycles. The smallest absolute Gasteiger partial charge is 0.0116 e. The number of rotatable bonds is 0. The molecule has 0 aromatic rings. The van der Waals surface area contributed by atoms with Crippen LogP contribution in [0.1, 0.15) is 38.5 Å². The van der Waals surface area contributed by atoms with Crippen LogP contribution in [0.25, 0.3) is 0 Å². The zero-order valence-electron chi connectivity index (χ0n) is 8.81. The standard InChI is InChI=1S/C10H22N4/c1-2-4-6-8-10-12-14-13-11-9-7-5-3-1/h1,3,11-14H,2,4-10H2/b3-1-. The van der Waals surface area contributed by atoms with Crippen LogP contribution in [0.15, 0.2) is 12.2 Å². The van der Waals surface area contributed by atoms with Gasteiger partial charge in [-0.2, -0.15) is 11.1 Å². The fourth-order valence-electron chi connectivity index (χ4n) is 1.41. The summed E-state index contributed by atoms with van der Waals surface area (Å²) in [5.41, 5.74) is 12.0. The van der Waals surface area contributed by atoms with E-state index in [4.69, 9.17) is 0 Å². The summed E-state index contributed by atoms with van der Waals surface area (Å²) < 4.78 is 0. The molecule has 0 bridgehead atoms. The SMILES string of the molecule is C1=C\CCCNNNNCCCCC/1. The van der Waals surface area contributed by atoms with Gasteiger partial charge in [-0.05, 0) is 32.1 Å². The number of nitrogens with one attached hydrogen (secondary N) is 4. The summed E-state index contributed by atoms with van der Waals surface area (Å²) in [6.45, 7) is 2.00. The van der Waals surface area contributed by atoms with Gasteiger partial charge in [-0.25, -0.2) is 10.9 Å². The Kier molecular flexibility index (Phi) is 7.61. The summed E-state index contributed by atoms with van der Waals surface area (Å²) in [6.07, 6.45) is 12.0. The molecule has 0 aromatic carbocycles. The zero-order valence-corrected chi connectivity index (χ0v) is 8.81. The maximum atomic E-state index is 3.10. The third-order valence-electron chi connectivity index (χ3n) is 2.25. The Morgan fingerprint density at radius 1 is 0.643 bits per heavy atom. The van der Waals surface area contributed by atoms with E-state index in [2.05, 4.69) is 34.1 Å². The van der Waals surface area contributed by atoms with Crippen LogP contribution in [0.4, 0.5) is 0 Å². The summed E-state index contributed by atoms with van der Waals surface area (Å²) in [5.74, 6) is 0. The topological polar surface area (TPSA) is 48.1 Å². The second kappa shape index (κ2) is 9.15. The van der Waals surface area contributed by atoms with Crippen LogP contribution in [0.2, 0.25) is 0 Å². The molecule has 0 saturated heterocycles. The molecule has 4 nitrogen and oxygen atoms in total. The Labute approximate surface area is 86.4 Å². The molecule has 1 aliphatic rings. The molecule has 0 fully saturated rings. The highest BCUT2D eigenvalue weighted by molar-refractivity contribution is 4.81. The second-order valence-corrected chi connectivity index (χ2v) is 3.57. The molecular weight excluding hydrogens is 176 g/mol. The molecule has 0 radical (unpaired) electrons. The van der Waals surface area contributed by atoms with Crippen LogP contribution in [-0.4, -0.2) is 13.1 Å². The average Bonchev–Trinajstić information content (AvgIpc) is 2.22. The lowest BCUT2D eigenvalue weighted by atomic mass is 10.1. The van der Waals surface area contributed by atoms with E-state index < -0.39 is 0 Å². The maximum Gasteiger partial charge on any atom is 0.0116 e. The van der Waals surface area contributed by atoms with Gasteiger partial charge < -0.3 is 0 Å². The van der Waals surface area contributed by atoms with Crippen LogP contribution in [-0.2, 0) is 0 Å². The van der Waals surface area contributed by atoms with Gasteiger partial charge in [-0.1, -0.05) is 18.6 Å². The average molecular weight is 198 g/mol. The molecule has 4 heteroatoms. The molecule has 0 aromatic heterocycles. The molecule has 0 aliphatic carbocycles. The van der Waals surface area contributed by atoms with Crippen molar-refractivity contribution >= 4 is 0 Å². The van der Waals surface area contributed by atoms with E-state index in [0.29, 0.717) is 0 Å². The van der Waals surface area contributed by atoms with Crippen LogP contribution >= 0.6 is 0 Å². The van der Waals surface area contributed by atoms with E-state index >= 15 is 0 Å². The van der Waals surface area contributed by atoms with Gasteiger partial charge in [0, 0.05) is 13.1 Å². The first-order chi connectivity index (χ1) is 7.00. The highest BCUT2D eigenvalue weighted by Gasteiger charge is 1.90. The van der Waals surface area contributed by atoms with Crippen LogP contribution in [0, 0.1) is 0 Å². The summed E-state index contributed by atoms with van der Waals surface area (Å²) in [4.78, 5) is 0. The first-order valence-corrected chi connectivity index (χ1v) is 5.61. The minimum Gasteiger partial charge on any atom is -0.243 e. The number of hydrogen-bond donors (Lipinski definition) is 4.